The lowest BCUT2D eigenvalue weighted by molar-refractivity contribution is -0.137. The van der Waals surface area contributed by atoms with Crippen LogP contribution >= 0.6 is 0 Å². The summed E-state index contributed by atoms with van der Waals surface area (Å²) in [7, 11) is 0. The molecule has 1 aliphatic rings. The van der Waals surface area contributed by atoms with Crippen molar-refractivity contribution >= 4 is 11.8 Å². The van der Waals surface area contributed by atoms with E-state index in [9.17, 15) is 9.59 Å². The normalized spacial score (nSPS) is 22.1. The molecule has 0 unspecified atom stereocenters. The van der Waals surface area contributed by atoms with E-state index in [0.29, 0.717) is 36.9 Å². The van der Waals surface area contributed by atoms with E-state index in [1.165, 1.54) is 5.56 Å². The zero-order valence-electron chi connectivity index (χ0n) is 12.9. The van der Waals surface area contributed by atoms with Crippen LogP contribution < -0.4 is 0 Å². The number of unbranched alkanes of at least 4 members (excludes halogenated alkanes) is 1. The molecule has 2 rings (SSSR count). The largest absolute Gasteiger partial charge is 0.481 e. The SMILES string of the molecule is O=C(O)CCCC=CC[C@@H]1CCC(=O)C[C@@H]1c1ccccc1. The number of carboxylic acids is 1. The highest BCUT2D eigenvalue weighted by molar-refractivity contribution is 5.80. The minimum atomic E-state index is -0.733. The van der Waals surface area contributed by atoms with Crippen molar-refractivity contribution in [1.29, 1.82) is 0 Å². The van der Waals surface area contributed by atoms with Gasteiger partial charge in [-0.05, 0) is 43.1 Å². The summed E-state index contributed by atoms with van der Waals surface area (Å²) >= 11 is 0. The average molecular weight is 300 g/mol. The third-order valence-corrected chi connectivity index (χ3v) is 4.41. The van der Waals surface area contributed by atoms with Crippen molar-refractivity contribution in [3.05, 3.63) is 48.0 Å². The maximum Gasteiger partial charge on any atom is 0.303 e. The first-order valence-electron chi connectivity index (χ1n) is 8.10. The average Bonchev–Trinajstić information content (AvgIpc) is 2.52. The molecule has 1 aromatic carbocycles. The first kappa shape index (κ1) is 16.5. The van der Waals surface area contributed by atoms with Crippen molar-refractivity contribution in [3.8, 4) is 0 Å². The van der Waals surface area contributed by atoms with Crippen LogP contribution in [0, 0.1) is 5.92 Å². The summed E-state index contributed by atoms with van der Waals surface area (Å²) in [6.45, 7) is 0. The van der Waals surface area contributed by atoms with Gasteiger partial charge in [-0.1, -0.05) is 42.5 Å². The van der Waals surface area contributed by atoms with E-state index in [2.05, 4.69) is 24.3 Å². The third kappa shape index (κ3) is 5.14. The summed E-state index contributed by atoms with van der Waals surface area (Å²) in [5, 5.41) is 8.60. The molecule has 22 heavy (non-hydrogen) atoms. The zero-order valence-corrected chi connectivity index (χ0v) is 12.9. The van der Waals surface area contributed by atoms with E-state index in [-0.39, 0.29) is 6.42 Å². The number of carbonyl (C=O) groups excluding carboxylic acids is 1. The van der Waals surface area contributed by atoms with Crippen LogP contribution in [-0.4, -0.2) is 16.9 Å². The predicted molar refractivity (Wildman–Crippen MR) is 86.8 cm³/mol. The highest BCUT2D eigenvalue weighted by atomic mass is 16.4. The fourth-order valence-corrected chi connectivity index (χ4v) is 3.19. The van der Waals surface area contributed by atoms with E-state index < -0.39 is 5.97 Å². The Kier molecular flexibility index (Phi) is 6.38. The summed E-state index contributed by atoms with van der Waals surface area (Å²) in [6, 6.07) is 10.3. The summed E-state index contributed by atoms with van der Waals surface area (Å²) in [5.41, 5.74) is 1.26. The molecule has 0 heterocycles. The molecule has 1 aromatic rings. The fraction of sp³-hybridized carbons (Fsp3) is 0.474. The molecule has 0 aromatic heterocycles. The number of allylic oxidation sites excluding steroid dienone is 2. The Labute approximate surface area is 132 Å². The number of hydrogen-bond acceptors (Lipinski definition) is 2. The number of ketones is 1. The lowest BCUT2D eigenvalue weighted by atomic mass is 9.73. The number of aliphatic carboxylic acids is 1. The van der Waals surface area contributed by atoms with E-state index >= 15 is 0 Å². The van der Waals surface area contributed by atoms with Crippen LogP contribution in [0.3, 0.4) is 0 Å². The quantitative estimate of drug-likeness (QED) is 0.602. The maximum atomic E-state index is 11.8. The predicted octanol–water partition coefficient (Wildman–Crippen LogP) is 4.34. The van der Waals surface area contributed by atoms with Gasteiger partial charge in [-0.25, -0.2) is 0 Å². The van der Waals surface area contributed by atoms with Crippen LogP contribution in [0.1, 0.15) is 56.4 Å². The molecule has 1 N–H and O–H groups in total. The molecule has 1 aliphatic carbocycles. The van der Waals surface area contributed by atoms with Crippen molar-refractivity contribution in [3.63, 3.8) is 0 Å². The molecular weight excluding hydrogens is 276 g/mol. The van der Waals surface area contributed by atoms with Gasteiger partial charge in [-0.15, -0.1) is 0 Å². The minimum Gasteiger partial charge on any atom is -0.481 e. The number of Topliss-reactive ketones (excluding diaryl/α,β-unsaturated/α-hetero) is 1. The van der Waals surface area contributed by atoms with Crippen molar-refractivity contribution in [2.45, 2.75) is 50.9 Å². The van der Waals surface area contributed by atoms with Gasteiger partial charge < -0.3 is 5.11 Å². The van der Waals surface area contributed by atoms with E-state index in [4.69, 9.17) is 5.11 Å². The zero-order chi connectivity index (χ0) is 15.8. The van der Waals surface area contributed by atoms with Gasteiger partial charge in [0.25, 0.3) is 0 Å². The van der Waals surface area contributed by atoms with Crippen molar-refractivity contribution in [2.24, 2.45) is 5.92 Å². The van der Waals surface area contributed by atoms with Crippen molar-refractivity contribution in [1.82, 2.24) is 0 Å². The first-order valence-corrected chi connectivity index (χ1v) is 8.10. The second-order valence-corrected chi connectivity index (χ2v) is 6.05. The van der Waals surface area contributed by atoms with Gasteiger partial charge in [-0.2, -0.15) is 0 Å². The monoisotopic (exact) mass is 300 g/mol. The molecule has 118 valence electrons. The molecule has 0 bridgehead atoms. The Bertz CT molecular complexity index is 519. The Morgan fingerprint density at radius 2 is 2.00 bits per heavy atom. The lowest BCUT2D eigenvalue weighted by Crippen LogP contribution is -2.23. The summed E-state index contributed by atoms with van der Waals surface area (Å²) in [4.78, 5) is 22.3. The lowest BCUT2D eigenvalue weighted by Gasteiger charge is -2.30. The standard InChI is InChI=1S/C19H24O3/c20-17-13-12-16(10-4-1-2-7-11-19(21)22)18(14-17)15-8-5-3-6-9-15/h1,3-6,8-9,16,18H,2,7,10-14H2,(H,21,22)/t16-,18-/m1/s1. The van der Waals surface area contributed by atoms with Gasteiger partial charge in [0, 0.05) is 19.3 Å². The Morgan fingerprint density at radius 1 is 1.23 bits per heavy atom. The summed E-state index contributed by atoms with van der Waals surface area (Å²) in [6.07, 6.45) is 9.26. The highest BCUT2D eigenvalue weighted by Crippen LogP contribution is 2.38. The maximum absolute atomic E-state index is 11.8. The summed E-state index contributed by atoms with van der Waals surface area (Å²) in [5.74, 6) is 0.473. The smallest absolute Gasteiger partial charge is 0.303 e. The first-order chi connectivity index (χ1) is 10.7. The van der Waals surface area contributed by atoms with Crippen molar-refractivity contribution < 1.29 is 14.7 Å². The van der Waals surface area contributed by atoms with E-state index in [1.807, 2.05) is 18.2 Å². The molecule has 3 heteroatoms. The molecule has 0 spiro atoms. The number of hydrogen-bond donors (Lipinski definition) is 1. The van der Waals surface area contributed by atoms with Gasteiger partial charge in [0.1, 0.15) is 5.78 Å². The fourth-order valence-electron chi connectivity index (χ4n) is 3.19. The number of carbonyl (C=O) groups is 2. The molecule has 0 aliphatic heterocycles. The Hall–Kier alpha value is -1.90. The van der Waals surface area contributed by atoms with Crippen LogP contribution in [0.2, 0.25) is 0 Å². The van der Waals surface area contributed by atoms with Crippen LogP contribution in [0.15, 0.2) is 42.5 Å². The molecular formula is C19H24O3. The van der Waals surface area contributed by atoms with Crippen LogP contribution in [0.25, 0.3) is 0 Å². The van der Waals surface area contributed by atoms with Gasteiger partial charge in [0.2, 0.25) is 0 Å². The Morgan fingerprint density at radius 3 is 2.73 bits per heavy atom. The van der Waals surface area contributed by atoms with Crippen LogP contribution in [0.4, 0.5) is 0 Å². The second-order valence-electron chi connectivity index (χ2n) is 6.05. The van der Waals surface area contributed by atoms with Gasteiger partial charge >= 0.3 is 5.97 Å². The van der Waals surface area contributed by atoms with Gasteiger partial charge in [0.05, 0.1) is 0 Å². The van der Waals surface area contributed by atoms with E-state index in [1.54, 1.807) is 0 Å². The van der Waals surface area contributed by atoms with Gasteiger partial charge in [0.15, 0.2) is 0 Å². The van der Waals surface area contributed by atoms with Crippen LogP contribution in [0.5, 0.6) is 0 Å². The molecule has 3 nitrogen and oxygen atoms in total. The third-order valence-electron chi connectivity index (χ3n) is 4.41. The molecule has 1 saturated carbocycles. The number of carboxylic acid groups (broad SMARTS) is 1. The van der Waals surface area contributed by atoms with Gasteiger partial charge in [-0.3, -0.25) is 9.59 Å². The topological polar surface area (TPSA) is 54.4 Å². The number of benzene rings is 1. The molecule has 0 radical (unpaired) electrons. The molecule has 0 amide bonds. The molecule has 1 fully saturated rings. The number of rotatable bonds is 7. The van der Waals surface area contributed by atoms with Crippen molar-refractivity contribution in [2.75, 3.05) is 0 Å². The van der Waals surface area contributed by atoms with Crippen LogP contribution in [-0.2, 0) is 9.59 Å². The Balaban J connectivity index is 1.88. The second kappa shape index (κ2) is 8.52. The molecule has 2 atom stereocenters. The highest BCUT2D eigenvalue weighted by Gasteiger charge is 2.29. The molecule has 0 saturated heterocycles. The summed E-state index contributed by atoms with van der Waals surface area (Å²) < 4.78 is 0. The minimum absolute atomic E-state index is 0.231. The van der Waals surface area contributed by atoms with E-state index in [0.717, 1.165) is 19.3 Å².